The third-order valence-electron chi connectivity index (χ3n) is 2.74. The molecule has 2 rings (SSSR count). The Morgan fingerprint density at radius 1 is 1.21 bits per heavy atom. The van der Waals surface area contributed by atoms with Gasteiger partial charge in [0.05, 0.1) is 14.2 Å². The predicted molar refractivity (Wildman–Crippen MR) is 67.9 cm³/mol. The molecular weight excluding hydrogens is 268 g/mol. The first-order valence-electron chi connectivity index (χ1n) is 5.54. The minimum atomic E-state index is -3.72. The highest BCUT2D eigenvalue weighted by molar-refractivity contribution is 7.85. The van der Waals surface area contributed by atoms with Crippen LogP contribution in [0.4, 0.5) is 0 Å². The van der Waals surface area contributed by atoms with E-state index in [1.807, 2.05) is 0 Å². The van der Waals surface area contributed by atoms with Crippen molar-refractivity contribution >= 4 is 10.0 Å². The Morgan fingerprint density at radius 2 is 1.95 bits per heavy atom. The molecule has 7 heteroatoms. The summed E-state index contributed by atoms with van der Waals surface area (Å²) in [4.78, 5) is 2.88. The lowest BCUT2D eigenvalue weighted by molar-refractivity contribution is -0.517. The number of nitrogens with one attached hydrogen (secondary N) is 1. The first-order valence-corrected chi connectivity index (χ1v) is 6.98. The Labute approximate surface area is 111 Å². The molecule has 19 heavy (non-hydrogen) atoms. The zero-order valence-corrected chi connectivity index (χ0v) is 11.7. The molecule has 0 aliphatic rings. The maximum absolute atomic E-state index is 12.6. The van der Waals surface area contributed by atoms with E-state index in [9.17, 15) is 8.42 Å². The molecule has 0 aliphatic heterocycles. The number of benzene rings is 1. The van der Waals surface area contributed by atoms with Gasteiger partial charge >= 0.3 is 10.0 Å². The molecule has 0 saturated carbocycles. The van der Waals surface area contributed by atoms with Crippen LogP contribution in [0.15, 0.2) is 35.5 Å². The lowest BCUT2D eigenvalue weighted by Gasteiger charge is -2.09. The molecule has 102 valence electrons. The van der Waals surface area contributed by atoms with Gasteiger partial charge in [0, 0.05) is 13.0 Å². The van der Waals surface area contributed by atoms with E-state index in [-0.39, 0.29) is 10.6 Å². The molecule has 1 aromatic heterocycles. The Bertz CT molecular complexity index is 692. The normalized spacial score (nSPS) is 11.3. The van der Waals surface area contributed by atoms with Gasteiger partial charge in [-0.2, -0.15) is 8.42 Å². The highest BCUT2D eigenvalue weighted by atomic mass is 32.2. The van der Waals surface area contributed by atoms with Crippen LogP contribution in [0.3, 0.4) is 0 Å². The Hall–Kier alpha value is -2.02. The molecule has 0 radical (unpaired) electrons. The molecule has 0 unspecified atom stereocenters. The quantitative estimate of drug-likeness (QED) is 0.845. The summed E-state index contributed by atoms with van der Waals surface area (Å²) in [7, 11) is -0.816. The summed E-state index contributed by atoms with van der Waals surface area (Å²) in [5, 5.41) is 0. The second-order valence-electron chi connectivity index (χ2n) is 3.86. The molecular formula is C12H15N2O4S+. The minimum Gasteiger partial charge on any atom is -0.497 e. The molecule has 0 bridgehead atoms. The van der Waals surface area contributed by atoms with Gasteiger partial charge in [-0.25, -0.2) is 4.98 Å². The summed E-state index contributed by atoms with van der Waals surface area (Å²) in [6.07, 6.45) is 3.00. The predicted octanol–water partition coefficient (Wildman–Crippen LogP) is 0.865. The van der Waals surface area contributed by atoms with Crippen molar-refractivity contribution < 1.29 is 21.9 Å². The van der Waals surface area contributed by atoms with Gasteiger partial charge in [-0.1, -0.05) is 0 Å². The van der Waals surface area contributed by atoms with Crippen LogP contribution in [0.2, 0.25) is 0 Å². The lowest BCUT2D eigenvalue weighted by Crippen LogP contribution is -2.43. The zero-order valence-electron chi connectivity index (χ0n) is 10.9. The van der Waals surface area contributed by atoms with E-state index in [0.29, 0.717) is 11.6 Å². The van der Waals surface area contributed by atoms with Gasteiger partial charge in [0.2, 0.25) is 0 Å². The number of aromatic nitrogens is 2. The molecule has 2 aromatic rings. The van der Waals surface area contributed by atoms with Crippen LogP contribution in [0.5, 0.6) is 11.5 Å². The van der Waals surface area contributed by atoms with E-state index in [0.717, 1.165) is 3.97 Å². The number of aryl methyl sites for hydroxylation is 1. The monoisotopic (exact) mass is 283 g/mol. The smallest absolute Gasteiger partial charge is 0.339 e. The molecule has 0 spiro atoms. The summed E-state index contributed by atoms with van der Waals surface area (Å²) in [6, 6.07) is 4.65. The number of hydrogen-bond donors (Lipinski definition) is 1. The first-order chi connectivity index (χ1) is 9.00. The number of nitrogens with zero attached hydrogens (tertiary/aromatic N) is 1. The van der Waals surface area contributed by atoms with Crippen LogP contribution in [-0.4, -0.2) is 27.6 Å². The fraction of sp³-hybridized carbons (Fsp3) is 0.250. The molecule has 0 aliphatic carbocycles. The van der Waals surface area contributed by atoms with Crippen molar-refractivity contribution in [2.24, 2.45) is 0 Å². The summed E-state index contributed by atoms with van der Waals surface area (Å²) < 4.78 is 36.5. The standard InChI is InChI=1S/C12H14N2O4S/c1-9-13-6-7-14(9)19(15,16)12-8-10(17-2)4-5-11(12)18-3/h4-8H,1-3H3/p+1. The zero-order chi connectivity index (χ0) is 14.0. The van der Waals surface area contributed by atoms with Gasteiger partial charge in [-0.05, 0) is 12.1 Å². The number of ether oxygens (including phenoxy) is 2. The average molecular weight is 283 g/mol. The van der Waals surface area contributed by atoms with Crippen molar-refractivity contribution in [1.82, 2.24) is 4.98 Å². The van der Waals surface area contributed by atoms with Crippen molar-refractivity contribution in [2.75, 3.05) is 14.2 Å². The van der Waals surface area contributed by atoms with Crippen LogP contribution in [0.1, 0.15) is 5.82 Å². The fourth-order valence-corrected chi connectivity index (χ4v) is 3.27. The van der Waals surface area contributed by atoms with Crippen LogP contribution in [0.25, 0.3) is 0 Å². The van der Waals surface area contributed by atoms with Crippen molar-refractivity contribution in [3.63, 3.8) is 0 Å². The number of H-pyrrole nitrogens is 1. The second kappa shape index (κ2) is 4.93. The minimum absolute atomic E-state index is 0.0575. The topological polar surface area (TPSA) is 72.3 Å². The third kappa shape index (κ3) is 2.28. The van der Waals surface area contributed by atoms with Crippen molar-refractivity contribution in [3.05, 3.63) is 36.4 Å². The average Bonchev–Trinajstić information content (AvgIpc) is 2.85. The van der Waals surface area contributed by atoms with Crippen LogP contribution in [0, 0.1) is 6.92 Å². The largest absolute Gasteiger partial charge is 0.497 e. The highest BCUT2D eigenvalue weighted by Crippen LogP contribution is 2.27. The van der Waals surface area contributed by atoms with Crippen LogP contribution < -0.4 is 13.4 Å². The Kier molecular flexibility index (Phi) is 3.48. The maximum atomic E-state index is 12.6. The van der Waals surface area contributed by atoms with Gasteiger partial charge in [0.15, 0.2) is 4.90 Å². The number of methoxy groups -OCH3 is 2. The Morgan fingerprint density at radius 3 is 2.47 bits per heavy atom. The van der Waals surface area contributed by atoms with E-state index in [2.05, 4.69) is 4.98 Å². The molecule has 0 atom stereocenters. The number of aromatic amines is 1. The van der Waals surface area contributed by atoms with Crippen molar-refractivity contribution in [1.29, 1.82) is 0 Å². The fourth-order valence-electron chi connectivity index (χ4n) is 1.75. The third-order valence-corrected chi connectivity index (χ3v) is 4.53. The van der Waals surface area contributed by atoms with E-state index in [1.165, 1.54) is 26.5 Å². The number of hydrogen-bond acceptors (Lipinski definition) is 4. The number of rotatable bonds is 4. The van der Waals surface area contributed by atoms with Gasteiger partial charge in [-0.15, -0.1) is 3.97 Å². The SMILES string of the molecule is COc1ccc(OC)c(S(=O)(=O)[n+]2cc[nH]c2C)c1. The van der Waals surface area contributed by atoms with E-state index in [4.69, 9.17) is 9.47 Å². The maximum Gasteiger partial charge on any atom is 0.339 e. The summed E-state index contributed by atoms with van der Waals surface area (Å²) >= 11 is 0. The van der Waals surface area contributed by atoms with E-state index < -0.39 is 10.0 Å². The van der Waals surface area contributed by atoms with Gasteiger partial charge in [0.25, 0.3) is 5.82 Å². The summed E-state index contributed by atoms with van der Waals surface area (Å²) in [6.45, 7) is 1.67. The highest BCUT2D eigenvalue weighted by Gasteiger charge is 2.28. The van der Waals surface area contributed by atoms with Gasteiger partial charge in [0.1, 0.15) is 23.9 Å². The number of imidazole rings is 1. The van der Waals surface area contributed by atoms with Crippen molar-refractivity contribution in [3.8, 4) is 11.5 Å². The lowest BCUT2D eigenvalue weighted by atomic mass is 10.3. The molecule has 1 aromatic carbocycles. The second-order valence-corrected chi connectivity index (χ2v) is 5.65. The molecule has 1 N–H and O–H groups in total. The van der Waals surface area contributed by atoms with E-state index >= 15 is 0 Å². The van der Waals surface area contributed by atoms with Gasteiger partial charge in [-0.3, -0.25) is 0 Å². The Balaban J connectivity index is 2.66. The van der Waals surface area contributed by atoms with Crippen LogP contribution in [-0.2, 0) is 10.0 Å². The van der Waals surface area contributed by atoms with Crippen molar-refractivity contribution in [2.45, 2.75) is 11.8 Å². The molecule has 0 saturated heterocycles. The summed E-state index contributed by atoms with van der Waals surface area (Å²) in [5.74, 6) is 1.23. The summed E-state index contributed by atoms with van der Waals surface area (Å²) in [5.41, 5.74) is 0. The van der Waals surface area contributed by atoms with Crippen LogP contribution >= 0.6 is 0 Å². The van der Waals surface area contributed by atoms with Gasteiger partial charge < -0.3 is 9.47 Å². The molecule has 1 heterocycles. The molecule has 6 nitrogen and oxygen atoms in total. The van der Waals surface area contributed by atoms with E-state index in [1.54, 1.807) is 25.3 Å². The first kappa shape index (κ1) is 13.4. The molecule has 0 amide bonds. The molecule has 0 fully saturated rings.